The summed E-state index contributed by atoms with van der Waals surface area (Å²) < 4.78 is 38.1. The van der Waals surface area contributed by atoms with Crippen LogP contribution in [0.5, 0.6) is 0 Å². The normalized spacial score (nSPS) is 25.5. The molecule has 0 bridgehead atoms. The van der Waals surface area contributed by atoms with Crippen molar-refractivity contribution in [2.75, 3.05) is 18.4 Å². The van der Waals surface area contributed by atoms with Gasteiger partial charge in [-0.3, -0.25) is 4.79 Å². The summed E-state index contributed by atoms with van der Waals surface area (Å²) in [4.78, 5) is 21.3. The molecule has 2 saturated heterocycles. The van der Waals surface area contributed by atoms with E-state index in [-0.39, 0.29) is 30.3 Å². The number of rotatable bonds is 3. The molecule has 2 fully saturated rings. The summed E-state index contributed by atoms with van der Waals surface area (Å²) in [6, 6.07) is 1.81. The number of nitriles is 1. The van der Waals surface area contributed by atoms with Gasteiger partial charge in [-0.15, -0.1) is 12.4 Å². The number of halogens is 4. The number of nitrogens with one attached hydrogen (secondary N) is 2. The van der Waals surface area contributed by atoms with Gasteiger partial charge in [-0.1, -0.05) is 0 Å². The van der Waals surface area contributed by atoms with Gasteiger partial charge in [0.1, 0.15) is 11.7 Å². The number of nitrogens with zero attached hydrogens (tertiary/aromatic N) is 4. The van der Waals surface area contributed by atoms with Gasteiger partial charge in [-0.2, -0.15) is 18.4 Å². The summed E-state index contributed by atoms with van der Waals surface area (Å²) in [5.74, 6) is -0.260. The molecule has 2 N–H and O–H groups in total. The first-order valence-electron chi connectivity index (χ1n) is 7.98. The molecular formula is C15H18ClF3N6O. The summed E-state index contributed by atoms with van der Waals surface area (Å²) in [6.45, 7) is 0.963. The van der Waals surface area contributed by atoms with Crippen LogP contribution in [0.25, 0.3) is 0 Å². The van der Waals surface area contributed by atoms with E-state index < -0.39 is 24.0 Å². The maximum absolute atomic E-state index is 12.7. The molecule has 0 radical (unpaired) electrons. The van der Waals surface area contributed by atoms with Gasteiger partial charge in [-0.25, -0.2) is 9.97 Å². The third kappa shape index (κ3) is 4.34. The summed E-state index contributed by atoms with van der Waals surface area (Å²) in [7, 11) is 0. The molecule has 142 valence electrons. The molecule has 3 atom stereocenters. The van der Waals surface area contributed by atoms with Crippen LogP contribution in [0.2, 0.25) is 0 Å². The Hall–Kier alpha value is -2.12. The van der Waals surface area contributed by atoms with E-state index >= 15 is 0 Å². The van der Waals surface area contributed by atoms with Gasteiger partial charge in [0.05, 0.1) is 12.1 Å². The Kier molecular flexibility index (Phi) is 6.26. The Balaban J connectivity index is 0.00000243. The number of hydrogen-bond donors (Lipinski definition) is 2. The summed E-state index contributed by atoms with van der Waals surface area (Å²) in [5, 5.41) is 15.0. The standard InChI is InChI=1S/C15H17F3N6O.ClH/c16-15(17,18)12-3-4-20-14(23-12)22-9-6-11(21-8-9)13(25)24-5-1-2-10(24)7-19;/h3-4,9-11,21H,1-2,5-6,8H2,(H,20,22,23);1H/t9-,10-,11-;/m0./s1. The lowest BCUT2D eigenvalue weighted by atomic mass is 10.1. The van der Waals surface area contributed by atoms with E-state index in [0.717, 1.165) is 18.7 Å². The van der Waals surface area contributed by atoms with Crippen LogP contribution in [-0.4, -0.2) is 52.0 Å². The zero-order valence-corrected chi connectivity index (χ0v) is 14.5. The van der Waals surface area contributed by atoms with Crippen molar-refractivity contribution in [1.82, 2.24) is 20.2 Å². The van der Waals surface area contributed by atoms with Crippen LogP contribution in [0.1, 0.15) is 25.0 Å². The zero-order chi connectivity index (χ0) is 18.0. The second kappa shape index (κ2) is 8.05. The molecule has 11 heteroatoms. The van der Waals surface area contributed by atoms with Crippen LogP contribution in [-0.2, 0) is 11.0 Å². The molecule has 0 saturated carbocycles. The monoisotopic (exact) mass is 390 g/mol. The quantitative estimate of drug-likeness (QED) is 0.813. The van der Waals surface area contributed by atoms with Gasteiger partial charge < -0.3 is 15.5 Å². The van der Waals surface area contributed by atoms with Crippen LogP contribution >= 0.6 is 12.4 Å². The Morgan fingerprint density at radius 1 is 1.46 bits per heavy atom. The van der Waals surface area contributed by atoms with Crippen molar-refractivity contribution in [2.45, 2.75) is 43.6 Å². The lowest BCUT2D eigenvalue weighted by Crippen LogP contribution is -2.45. The third-order valence-electron chi connectivity index (χ3n) is 4.39. The summed E-state index contributed by atoms with van der Waals surface area (Å²) >= 11 is 0. The van der Waals surface area contributed by atoms with Gasteiger partial charge in [0, 0.05) is 25.3 Å². The first-order chi connectivity index (χ1) is 11.9. The third-order valence-corrected chi connectivity index (χ3v) is 4.39. The van der Waals surface area contributed by atoms with Crippen molar-refractivity contribution in [2.24, 2.45) is 0 Å². The fourth-order valence-corrected chi connectivity index (χ4v) is 3.17. The largest absolute Gasteiger partial charge is 0.433 e. The molecule has 1 aromatic rings. The highest BCUT2D eigenvalue weighted by atomic mass is 35.5. The Morgan fingerprint density at radius 3 is 2.92 bits per heavy atom. The molecule has 0 aliphatic carbocycles. The van der Waals surface area contributed by atoms with Crippen LogP contribution in [0.4, 0.5) is 19.1 Å². The predicted molar refractivity (Wildman–Crippen MR) is 88.4 cm³/mol. The topological polar surface area (TPSA) is 93.9 Å². The van der Waals surface area contributed by atoms with Crippen molar-refractivity contribution in [1.29, 1.82) is 5.26 Å². The zero-order valence-electron chi connectivity index (χ0n) is 13.7. The Morgan fingerprint density at radius 2 is 2.23 bits per heavy atom. The second-order valence-corrected chi connectivity index (χ2v) is 6.12. The predicted octanol–water partition coefficient (Wildman–Crippen LogP) is 1.57. The van der Waals surface area contributed by atoms with E-state index in [1.54, 1.807) is 4.90 Å². The number of carbonyl (C=O) groups is 1. The molecule has 1 aromatic heterocycles. The molecule has 1 amide bonds. The van der Waals surface area contributed by atoms with Crippen LogP contribution < -0.4 is 10.6 Å². The fourth-order valence-electron chi connectivity index (χ4n) is 3.17. The number of amides is 1. The molecule has 3 rings (SSSR count). The fraction of sp³-hybridized carbons (Fsp3) is 0.600. The van der Waals surface area contributed by atoms with Gasteiger partial charge in [0.15, 0.2) is 0 Å². The molecule has 0 unspecified atom stereocenters. The number of aromatic nitrogens is 2. The van der Waals surface area contributed by atoms with Crippen LogP contribution in [0.15, 0.2) is 12.3 Å². The first kappa shape index (κ1) is 20.2. The second-order valence-electron chi connectivity index (χ2n) is 6.12. The van der Waals surface area contributed by atoms with E-state index in [2.05, 4.69) is 26.7 Å². The summed E-state index contributed by atoms with van der Waals surface area (Å²) in [5.41, 5.74) is -1.02. The van der Waals surface area contributed by atoms with Crippen molar-refractivity contribution < 1.29 is 18.0 Å². The van der Waals surface area contributed by atoms with Crippen molar-refractivity contribution in [3.8, 4) is 6.07 Å². The highest BCUT2D eigenvalue weighted by Gasteiger charge is 2.37. The Labute approximate surface area is 154 Å². The van der Waals surface area contributed by atoms with E-state index in [1.165, 1.54) is 0 Å². The number of likely N-dealkylation sites (tertiary alicyclic amines) is 1. The van der Waals surface area contributed by atoms with Gasteiger partial charge in [0.25, 0.3) is 0 Å². The highest BCUT2D eigenvalue weighted by Crippen LogP contribution is 2.28. The minimum atomic E-state index is -4.53. The highest BCUT2D eigenvalue weighted by molar-refractivity contribution is 5.85. The maximum Gasteiger partial charge on any atom is 0.433 e. The van der Waals surface area contributed by atoms with Crippen molar-refractivity contribution in [3.63, 3.8) is 0 Å². The summed E-state index contributed by atoms with van der Waals surface area (Å²) in [6.07, 6.45) is -1.61. The molecule has 2 aliphatic heterocycles. The minimum absolute atomic E-state index is 0. The van der Waals surface area contributed by atoms with E-state index in [0.29, 0.717) is 25.9 Å². The Bertz CT molecular complexity index is 695. The average Bonchev–Trinajstić information content (AvgIpc) is 3.22. The number of carbonyl (C=O) groups excluding carboxylic acids is 1. The lowest BCUT2D eigenvalue weighted by molar-refractivity contribution is -0.141. The van der Waals surface area contributed by atoms with E-state index in [4.69, 9.17) is 5.26 Å². The molecule has 7 nitrogen and oxygen atoms in total. The van der Waals surface area contributed by atoms with Crippen LogP contribution in [0, 0.1) is 11.3 Å². The minimum Gasteiger partial charge on any atom is -0.350 e. The first-order valence-corrected chi connectivity index (χ1v) is 7.98. The molecular weight excluding hydrogens is 373 g/mol. The lowest BCUT2D eigenvalue weighted by Gasteiger charge is -2.23. The van der Waals surface area contributed by atoms with Gasteiger partial charge in [-0.05, 0) is 25.3 Å². The number of anilines is 1. The van der Waals surface area contributed by atoms with Gasteiger partial charge in [0.2, 0.25) is 11.9 Å². The maximum atomic E-state index is 12.7. The van der Waals surface area contributed by atoms with Crippen LogP contribution in [0.3, 0.4) is 0 Å². The molecule has 26 heavy (non-hydrogen) atoms. The van der Waals surface area contributed by atoms with Crippen molar-refractivity contribution in [3.05, 3.63) is 18.0 Å². The van der Waals surface area contributed by atoms with Gasteiger partial charge >= 0.3 is 6.18 Å². The smallest absolute Gasteiger partial charge is 0.350 e. The molecule has 3 heterocycles. The van der Waals surface area contributed by atoms with E-state index in [9.17, 15) is 18.0 Å². The molecule has 0 spiro atoms. The molecule has 2 aliphatic rings. The van der Waals surface area contributed by atoms with E-state index in [1.807, 2.05) is 0 Å². The molecule has 0 aromatic carbocycles. The van der Waals surface area contributed by atoms with Crippen molar-refractivity contribution >= 4 is 24.3 Å². The number of alkyl halides is 3. The SMILES string of the molecule is Cl.N#C[C@@H]1CCCN1C(=O)[C@@H]1C[C@H](Nc2nccc(C(F)(F)F)n2)CN1. The average molecular weight is 391 g/mol. The number of hydrogen-bond acceptors (Lipinski definition) is 6.